The number of rotatable bonds is 8. The summed E-state index contributed by atoms with van der Waals surface area (Å²) in [6.45, 7) is 0. The van der Waals surface area contributed by atoms with Gasteiger partial charge in [0.2, 0.25) is 0 Å². The van der Waals surface area contributed by atoms with Crippen LogP contribution in [0.4, 0.5) is 0 Å². The van der Waals surface area contributed by atoms with Crippen molar-refractivity contribution in [2.45, 2.75) is 4.64 Å². The monoisotopic (exact) mass is 460 g/mol. The van der Waals surface area contributed by atoms with Gasteiger partial charge in [0, 0.05) is 0 Å². The number of carbonyl (C=O) groups is 1. The number of hydrogen-bond acceptors (Lipinski definition) is 2. The molecular formula is C26H23O2P3. The predicted octanol–water partition coefficient (Wildman–Crippen LogP) is 5.33. The van der Waals surface area contributed by atoms with E-state index in [2.05, 4.69) is 72.8 Å². The highest BCUT2D eigenvalue weighted by Gasteiger charge is 2.34. The van der Waals surface area contributed by atoms with E-state index in [0.29, 0.717) is 31.3 Å². The topological polar surface area (TPSA) is 37.3 Å². The second kappa shape index (κ2) is 10.3. The minimum Gasteiger partial charge on any atom is -0.507 e. The van der Waals surface area contributed by atoms with E-state index in [4.69, 9.17) is 0 Å². The van der Waals surface area contributed by atoms with Crippen LogP contribution in [0.25, 0.3) is 0 Å². The van der Waals surface area contributed by atoms with Gasteiger partial charge in [-0.2, -0.15) is 0 Å². The van der Waals surface area contributed by atoms with Crippen molar-refractivity contribution < 1.29 is 9.90 Å². The van der Waals surface area contributed by atoms with Gasteiger partial charge in [0.05, 0.1) is 10.2 Å². The van der Waals surface area contributed by atoms with Gasteiger partial charge in [0.15, 0.2) is 6.29 Å². The Labute approximate surface area is 188 Å². The molecule has 0 aliphatic rings. The smallest absolute Gasteiger partial charge is 0.153 e. The summed E-state index contributed by atoms with van der Waals surface area (Å²) in [7, 11) is 1.55. The number of hydrogen-bond donors (Lipinski definition) is 1. The second-order valence-electron chi connectivity index (χ2n) is 7.11. The van der Waals surface area contributed by atoms with Gasteiger partial charge in [-0.25, -0.2) is 0 Å². The van der Waals surface area contributed by atoms with Gasteiger partial charge >= 0.3 is 0 Å². The zero-order chi connectivity index (χ0) is 21.5. The Morgan fingerprint density at radius 3 is 1.42 bits per heavy atom. The minimum atomic E-state index is -0.199. The molecule has 4 rings (SSSR count). The molecule has 0 aliphatic carbocycles. The molecule has 0 heterocycles. The first-order chi connectivity index (χ1) is 15.2. The van der Waals surface area contributed by atoms with Crippen LogP contribution < -0.4 is 15.9 Å². The van der Waals surface area contributed by atoms with Gasteiger partial charge in [0.1, 0.15) is 5.75 Å². The molecule has 5 heteroatoms. The summed E-state index contributed by atoms with van der Waals surface area (Å²) in [6.07, 6.45) is 0.743. The molecular weight excluding hydrogens is 437 g/mol. The maximum atomic E-state index is 11.6. The lowest BCUT2D eigenvalue weighted by molar-refractivity contribution is 0.112. The Kier molecular flexibility index (Phi) is 7.26. The van der Waals surface area contributed by atoms with E-state index in [1.807, 2.05) is 30.3 Å². The lowest BCUT2D eigenvalue weighted by Crippen LogP contribution is -2.19. The van der Waals surface area contributed by atoms with E-state index >= 15 is 0 Å². The number of aldehydes is 1. The molecule has 0 bridgehead atoms. The normalized spacial score (nSPS) is 13.9. The minimum absolute atomic E-state index is 0.0294. The van der Waals surface area contributed by atoms with Crippen LogP contribution in [0.15, 0.2) is 109 Å². The molecule has 1 N–H and O–H groups in total. The molecule has 0 saturated carbocycles. The van der Waals surface area contributed by atoms with E-state index in [9.17, 15) is 9.90 Å². The van der Waals surface area contributed by atoms with Crippen molar-refractivity contribution in [1.82, 2.24) is 0 Å². The maximum Gasteiger partial charge on any atom is 0.153 e. The molecule has 0 aromatic heterocycles. The van der Waals surface area contributed by atoms with Crippen LogP contribution in [0.5, 0.6) is 5.75 Å². The van der Waals surface area contributed by atoms with Crippen molar-refractivity contribution in [2.24, 2.45) is 0 Å². The maximum absolute atomic E-state index is 11.6. The average molecular weight is 460 g/mol. The summed E-state index contributed by atoms with van der Waals surface area (Å²) in [4.78, 5) is 11.6. The first kappa shape index (κ1) is 21.9. The summed E-state index contributed by atoms with van der Waals surface area (Å²) < 4.78 is -0.199. The van der Waals surface area contributed by atoms with Crippen molar-refractivity contribution in [3.05, 3.63) is 120 Å². The van der Waals surface area contributed by atoms with Crippen LogP contribution >= 0.6 is 25.7 Å². The third kappa shape index (κ3) is 5.47. The summed E-state index contributed by atoms with van der Waals surface area (Å²) in [5.74, 6) is 0.0294. The Morgan fingerprint density at radius 1 is 0.613 bits per heavy atom. The SMILES string of the molecule is O=Cc1cc(C(Pc2ccccc2)(Pc2ccccc2)Pc2ccccc2)ccc1O. The van der Waals surface area contributed by atoms with E-state index in [1.165, 1.54) is 15.9 Å². The highest BCUT2D eigenvalue weighted by atomic mass is 31.2. The molecule has 0 aliphatic heterocycles. The average Bonchev–Trinajstić information content (AvgIpc) is 2.81. The fraction of sp³-hybridized carbons (Fsp3) is 0.0385. The van der Waals surface area contributed by atoms with Crippen molar-refractivity contribution >= 4 is 47.9 Å². The molecule has 0 spiro atoms. The second-order valence-corrected chi connectivity index (χ2v) is 13.3. The summed E-state index contributed by atoms with van der Waals surface area (Å²) >= 11 is 0. The third-order valence-electron chi connectivity index (χ3n) is 4.90. The number of benzene rings is 4. The van der Waals surface area contributed by atoms with Crippen molar-refractivity contribution in [3.8, 4) is 5.75 Å². The van der Waals surface area contributed by atoms with Gasteiger partial charge in [-0.05, 0) is 33.6 Å². The molecule has 2 nitrogen and oxygen atoms in total. The van der Waals surface area contributed by atoms with Crippen LogP contribution in [0.2, 0.25) is 0 Å². The number of phenolic OH excluding ortho intramolecular Hbond substituents is 1. The lowest BCUT2D eigenvalue weighted by atomic mass is 10.1. The predicted molar refractivity (Wildman–Crippen MR) is 138 cm³/mol. The van der Waals surface area contributed by atoms with E-state index in [1.54, 1.807) is 6.07 Å². The molecule has 4 aromatic rings. The number of carbonyl (C=O) groups excluding carboxylic acids is 1. The quantitative estimate of drug-likeness (QED) is 0.285. The van der Waals surface area contributed by atoms with Crippen LogP contribution in [0.1, 0.15) is 15.9 Å². The van der Waals surface area contributed by atoms with Crippen molar-refractivity contribution in [2.75, 3.05) is 0 Å². The molecule has 0 fully saturated rings. The van der Waals surface area contributed by atoms with Crippen LogP contribution in [0.3, 0.4) is 0 Å². The third-order valence-corrected chi connectivity index (χ3v) is 11.0. The number of aromatic hydroxyl groups is 1. The zero-order valence-electron chi connectivity index (χ0n) is 16.8. The standard InChI is InChI=1S/C26H23O2P3/c27-19-20-18-21(16-17-25(20)28)26(29-22-10-4-1-5-11-22,30-23-12-6-2-7-13-23)31-24-14-8-3-9-15-24/h1-19,28-31H. The van der Waals surface area contributed by atoms with E-state index in [-0.39, 0.29) is 10.4 Å². The molecule has 0 amide bonds. The fourth-order valence-electron chi connectivity index (χ4n) is 3.41. The van der Waals surface area contributed by atoms with Gasteiger partial charge in [-0.1, -0.05) is 123 Å². The highest BCUT2D eigenvalue weighted by molar-refractivity contribution is 7.82. The van der Waals surface area contributed by atoms with Crippen LogP contribution in [-0.2, 0) is 4.64 Å². The highest BCUT2D eigenvalue weighted by Crippen LogP contribution is 2.64. The van der Waals surface area contributed by atoms with Crippen LogP contribution in [0, 0.1) is 0 Å². The summed E-state index contributed by atoms with van der Waals surface area (Å²) in [6, 6.07) is 37.2. The lowest BCUT2D eigenvalue weighted by Gasteiger charge is -2.35. The molecule has 0 saturated heterocycles. The summed E-state index contributed by atoms with van der Waals surface area (Å²) in [5.41, 5.74) is 1.44. The number of phenols is 1. The molecule has 3 atom stereocenters. The van der Waals surface area contributed by atoms with Gasteiger partial charge in [-0.3, -0.25) is 4.79 Å². The largest absolute Gasteiger partial charge is 0.507 e. The molecule has 4 aromatic carbocycles. The molecule has 31 heavy (non-hydrogen) atoms. The Bertz CT molecular complexity index is 1030. The fourth-order valence-corrected chi connectivity index (χ4v) is 10.0. The Hall–Kier alpha value is -2.36. The Morgan fingerprint density at radius 2 is 1.03 bits per heavy atom. The molecule has 154 valence electrons. The van der Waals surface area contributed by atoms with E-state index < -0.39 is 0 Å². The van der Waals surface area contributed by atoms with Gasteiger partial charge in [-0.15, -0.1) is 0 Å². The first-order valence-corrected chi connectivity index (χ1v) is 13.0. The molecule has 3 unspecified atom stereocenters. The summed E-state index contributed by atoms with van der Waals surface area (Å²) in [5, 5.41) is 14.0. The van der Waals surface area contributed by atoms with E-state index in [0.717, 1.165) is 11.8 Å². The van der Waals surface area contributed by atoms with Crippen molar-refractivity contribution in [3.63, 3.8) is 0 Å². The van der Waals surface area contributed by atoms with Crippen LogP contribution in [-0.4, -0.2) is 11.4 Å². The Balaban J connectivity index is 1.88. The first-order valence-electron chi connectivity index (χ1n) is 9.97. The van der Waals surface area contributed by atoms with Gasteiger partial charge < -0.3 is 5.11 Å². The van der Waals surface area contributed by atoms with Crippen molar-refractivity contribution in [1.29, 1.82) is 0 Å². The molecule has 0 radical (unpaired) electrons. The van der Waals surface area contributed by atoms with Gasteiger partial charge in [0.25, 0.3) is 0 Å². The zero-order valence-corrected chi connectivity index (χ0v) is 19.8.